The van der Waals surface area contributed by atoms with Crippen molar-refractivity contribution in [3.63, 3.8) is 0 Å². The minimum Gasteiger partial charge on any atom is -1.00 e. The smallest absolute Gasteiger partial charge is 1.00 e. The van der Waals surface area contributed by atoms with Gasteiger partial charge in [-0.15, -0.1) is 0 Å². The molecule has 0 bridgehead atoms. The van der Waals surface area contributed by atoms with Crippen LogP contribution in [0, 0.1) is 0 Å². The molecule has 0 aliphatic heterocycles. The van der Waals surface area contributed by atoms with Crippen LogP contribution in [-0.2, 0) is 31.9 Å². The van der Waals surface area contributed by atoms with Gasteiger partial charge in [0.2, 0.25) is 0 Å². The number of carbonyl (C=O) groups is 2. The number of hydrogen-bond donors (Lipinski definition) is 2. The molecule has 0 heterocycles. The second-order valence-electron chi connectivity index (χ2n) is 5.93. The van der Waals surface area contributed by atoms with Crippen molar-refractivity contribution in [2.24, 2.45) is 0 Å². The van der Waals surface area contributed by atoms with E-state index in [2.05, 4.69) is 0 Å². The number of phenols is 1. The number of methoxy groups -OCH3 is 2. The second-order valence-corrected chi connectivity index (χ2v) is 5.93. The zero-order valence-electron chi connectivity index (χ0n) is 17.1. The van der Waals surface area contributed by atoms with E-state index < -0.39 is 24.1 Å². The van der Waals surface area contributed by atoms with Gasteiger partial charge in [-0.1, -0.05) is 24.3 Å². The van der Waals surface area contributed by atoms with Gasteiger partial charge in [-0.25, -0.2) is 9.59 Å². The third kappa shape index (κ3) is 7.26. The zero-order chi connectivity index (χ0) is 19.8. The van der Waals surface area contributed by atoms with E-state index in [0.717, 1.165) is 11.1 Å². The van der Waals surface area contributed by atoms with Gasteiger partial charge in [0.15, 0.2) is 12.2 Å². The summed E-state index contributed by atoms with van der Waals surface area (Å²) in [6, 6.07) is 13.0. The molecule has 2 atom stereocenters. The van der Waals surface area contributed by atoms with Crippen molar-refractivity contribution in [2.75, 3.05) is 14.2 Å². The second kappa shape index (κ2) is 11.8. The number of carboxylic acids is 1. The molecule has 0 spiro atoms. The van der Waals surface area contributed by atoms with Crippen LogP contribution in [0.1, 0.15) is 12.6 Å². The molecule has 2 aromatic rings. The van der Waals surface area contributed by atoms with Crippen LogP contribution in [0.25, 0.3) is 0 Å². The first-order valence-electron chi connectivity index (χ1n) is 8.30. The predicted octanol–water partition coefficient (Wildman–Crippen LogP) is -0.686. The number of hydrogen-bond acceptors (Lipinski definition) is 6. The summed E-state index contributed by atoms with van der Waals surface area (Å²) >= 11 is 0. The van der Waals surface area contributed by atoms with Crippen LogP contribution in [0.5, 0.6) is 11.5 Å². The van der Waals surface area contributed by atoms with Crippen LogP contribution < -0.4 is 34.3 Å². The van der Waals surface area contributed by atoms with Crippen LogP contribution in [-0.4, -0.2) is 48.6 Å². The molecule has 2 unspecified atom stereocenters. The average molecular weight is 398 g/mol. The Morgan fingerprint density at radius 2 is 1.36 bits per heavy atom. The van der Waals surface area contributed by atoms with Crippen molar-refractivity contribution in [3.8, 4) is 11.5 Å². The molecule has 0 amide bonds. The number of benzene rings is 2. The fourth-order valence-electron chi connectivity index (χ4n) is 2.47. The van der Waals surface area contributed by atoms with E-state index in [1.807, 2.05) is 0 Å². The molecular weight excluding hydrogens is 375 g/mol. The van der Waals surface area contributed by atoms with Gasteiger partial charge in [0.05, 0.1) is 0 Å². The quantitative estimate of drug-likeness (QED) is 0.328. The van der Waals surface area contributed by atoms with Gasteiger partial charge in [-0.3, -0.25) is 0 Å². The Kier molecular flexibility index (Phi) is 10.2. The summed E-state index contributed by atoms with van der Waals surface area (Å²) in [6.07, 6.45) is -1.20. The Labute approximate surface area is 187 Å². The first kappa shape index (κ1) is 24.1. The first-order chi connectivity index (χ1) is 12.9. The standard InChI is InChI=1S/C20H22O7.Na.H/c1-25-17(19(22)23)11-14-5-9-16(10-6-14)27-20(24)18(26-2)12-13-3-7-15(21)8-4-13;;/h3-10,17-18,21H,11-12H2,1-2H3,(H,22,23);;/q;+1;-1. The van der Waals surface area contributed by atoms with Gasteiger partial charge in [0.1, 0.15) is 11.5 Å². The summed E-state index contributed by atoms with van der Waals surface area (Å²) < 4.78 is 15.5. The van der Waals surface area contributed by atoms with Gasteiger partial charge in [-0.05, 0) is 35.4 Å². The summed E-state index contributed by atoms with van der Waals surface area (Å²) in [5.74, 6) is -1.10. The van der Waals surface area contributed by atoms with Gasteiger partial charge < -0.3 is 25.9 Å². The number of aromatic hydroxyl groups is 1. The normalized spacial score (nSPS) is 12.5. The molecule has 2 N–H and O–H groups in total. The molecule has 0 fully saturated rings. The molecule has 0 radical (unpaired) electrons. The number of aliphatic carboxylic acids is 1. The third-order valence-electron chi connectivity index (χ3n) is 4.03. The maximum Gasteiger partial charge on any atom is 1.00 e. The number of rotatable bonds is 9. The Morgan fingerprint density at radius 3 is 1.82 bits per heavy atom. The van der Waals surface area contributed by atoms with E-state index in [4.69, 9.17) is 19.3 Å². The van der Waals surface area contributed by atoms with Crippen LogP contribution >= 0.6 is 0 Å². The van der Waals surface area contributed by atoms with E-state index in [1.54, 1.807) is 36.4 Å². The molecule has 28 heavy (non-hydrogen) atoms. The van der Waals surface area contributed by atoms with Gasteiger partial charge >= 0.3 is 41.5 Å². The number of carboxylic acid groups (broad SMARTS) is 1. The van der Waals surface area contributed by atoms with Gasteiger partial charge in [0, 0.05) is 27.1 Å². The maximum atomic E-state index is 12.3. The Hall–Kier alpha value is -1.90. The molecule has 0 aromatic heterocycles. The Bertz CT molecular complexity index is 765. The van der Waals surface area contributed by atoms with Gasteiger partial charge in [-0.2, -0.15) is 0 Å². The van der Waals surface area contributed by atoms with Crippen molar-refractivity contribution < 1.29 is 65.0 Å². The topological polar surface area (TPSA) is 102 Å². The van der Waals surface area contributed by atoms with E-state index in [0.29, 0.717) is 12.2 Å². The van der Waals surface area contributed by atoms with E-state index in [1.165, 1.54) is 26.4 Å². The molecule has 0 aliphatic carbocycles. The molecule has 0 aliphatic rings. The van der Waals surface area contributed by atoms with E-state index in [9.17, 15) is 14.7 Å². The fraction of sp³-hybridized carbons (Fsp3) is 0.300. The fourth-order valence-corrected chi connectivity index (χ4v) is 2.47. The molecule has 2 aromatic carbocycles. The summed E-state index contributed by atoms with van der Waals surface area (Å²) in [6.45, 7) is 0. The molecule has 7 nitrogen and oxygen atoms in total. The van der Waals surface area contributed by atoms with Gasteiger partial charge in [0.25, 0.3) is 0 Å². The average Bonchev–Trinajstić information content (AvgIpc) is 2.66. The molecular formula is C20H23NaO7. The van der Waals surface area contributed by atoms with Crippen LogP contribution in [0.2, 0.25) is 0 Å². The SMILES string of the molecule is COC(Cc1ccc(OC(=O)C(Cc2ccc(O)cc2)OC)cc1)C(=O)O.[H-].[Na+]. The molecule has 146 valence electrons. The summed E-state index contributed by atoms with van der Waals surface area (Å²) in [7, 11) is 2.76. The van der Waals surface area contributed by atoms with Crippen molar-refractivity contribution in [1.29, 1.82) is 0 Å². The minimum absolute atomic E-state index is 0. The monoisotopic (exact) mass is 398 g/mol. The largest absolute Gasteiger partial charge is 1.00 e. The number of carbonyl (C=O) groups excluding carboxylic acids is 1. The Morgan fingerprint density at radius 1 is 0.893 bits per heavy atom. The summed E-state index contributed by atoms with van der Waals surface area (Å²) in [4.78, 5) is 23.3. The molecule has 2 rings (SSSR count). The van der Waals surface area contributed by atoms with Crippen molar-refractivity contribution >= 4 is 11.9 Å². The van der Waals surface area contributed by atoms with Crippen molar-refractivity contribution in [1.82, 2.24) is 0 Å². The third-order valence-corrected chi connectivity index (χ3v) is 4.03. The number of esters is 1. The number of phenolic OH excluding ortho intramolecular Hbond substituents is 1. The van der Waals surface area contributed by atoms with E-state index in [-0.39, 0.29) is 43.2 Å². The van der Waals surface area contributed by atoms with Crippen molar-refractivity contribution in [2.45, 2.75) is 25.0 Å². The molecule has 0 saturated carbocycles. The van der Waals surface area contributed by atoms with Crippen LogP contribution in [0.15, 0.2) is 48.5 Å². The number of ether oxygens (including phenoxy) is 3. The Balaban J connectivity index is 0.00000392. The summed E-state index contributed by atoms with van der Waals surface area (Å²) in [5, 5.41) is 18.3. The zero-order valence-corrected chi connectivity index (χ0v) is 18.1. The summed E-state index contributed by atoms with van der Waals surface area (Å²) in [5.41, 5.74) is 1.57. The molecule has 0 saturated heterocycles. The van der Waals surface area contributed by atoms with Crippen LogP contribution in [0.4, 0.5) is 0 Å². The minimum atomic E-state index is -1.04. The first-order valence-corrected chi connectivity index (χ1v) is 8.30. The van der Waals surface area contributed by atoms with Crippen LogP contribution in [0.3, 0.4) is 0 Å². The predicted molar refractivity (Wildman–Crippen MR) is 97.9 cm³/mol. The maximum absolute atomic E-state index is 12.3. The van der Waals surface area contributed by atoms with E-state index >= 15 is 0 Å². The van der Waals surface area contributed by atoms with Crippen molar-refractivity contribution in [3.05, 3.63) is 59.7 Å². The molecule has 8 heteroatoms.